The number of nitrogens with one attached hydrogen (secondary N) is 1. The standard InChI is InChI=1S/C20H22N2O4S/c1-3-11-26-19(24)15-8-6-5-7-14(15)18(23)22-20-21-16-10-9-13(25-4-2)12-17(16)27-20/h3,5-6,9-10,12,14-15H,1,4,7-8,11H2,2H3,(H,21,22,23)/t14-,15+/m1/s1. The highest BCUT2D eigenvalue weighted by molar-refractivity contribution is 7.22. The second-order valence-electron chi connectivity index (χ2n) is 6.15. The predicted molar refractivity (Wildman–Crippen MR) is 106 cm³/mol. The SMILES string of the molecule is C=CCOC(=O)[C@H]1CC=CC[C@H]1C(=O)Nc1nc2ccc(OCC)cc2s1. The van der Waals surface area contributed by atoms with Gasteiger partial charge in [-0.1, -0.05) is 36.1 Å². The summed E-state index contributed by atoms with van der Waals surface area (Å²) in [6, 6.07) is 5.63. The number of hydrogen-bond donors (Lipinski definition) is 1. The number of amides is 1. The Labute approximate surface area is 161 Å². The number of fused-ring (bicyclic) bond motifs is 1. The summed E-state index contributed by atoms with van der Waals surface area (Å²) < 4.78 is 11.6. The normalized spacial score (nSPS) is 18.9. The van der Waals surface area contributed by atoms with E-state index < -0.39 is 11.8 Å². The molecule has 0 fully saturated rings. The minimum atomic E-state index is -0.492. The van der Waals surface area contributed by atoms with Crippen LogP contribution < -0.4 is 10.1 Å². The first-order valence-corrected chi connectivity index (χ1v) is 9.70. The van der Waals surface area contributed by atoms with Gasteiger partial charge in [-0.05, 0) is 38.0 Å². The highest BCUT2D eigenvalue weighted by Crippen LogP contribution is 2.32. The van der Waals surface area contributed by atoms with Crippen molar-refractivity contribution in [3.8, 4) is 5.75 Å². The Bertz CT molecular complexity index is 874. The molecule has 1 aliphatic carbocycles. The van der Waals surface area contributed by atoms with Gasteiger partial charge in [0.15, 0.2) is 5.13 Å². The van der Waals surface area contributed by atoms with Crippen LogP contribution >= 0.6 is 11.3 Å². The van der Waals surface area contributed by atoms with Crippen LogP contribution in [0.5, 0.6) is 5.75 Å². The molecule has 1 aromatic carbocycles. The average Bonchev–Trinajstić information content (AvgIpc) is 3.07. The Morgan fingerprint density at radius 1 is 1.33 bits per heavy atom. The average molecular weight is 386 g/mol. The Hall–Kier alpha value is -2.67. The summed E-state index contributed by atoms with van der Waals surface area (Å²) in [5.41, 5.74) is 0.796. The lowest BCUT2D eigenvalue weighted by atomic mass is 9.82. The van der Waals surface area contributed by atoms with Gasteiger partial charge in [0.25, 0.3) is 0 Å². The Kier molecular flexibility index (Phi) is 6.24. The molecule has 0 saturated heterocycles. The highest BCUT2D eigenvalue weighted by atomic mass is 32.1. The van der Waals surface area contributed by atoms with Gasteiger partial charge in [0.05, 0.1) is 28.7 Å². The molecule has 0 bridgehead atoms. The third-order valence-corrected chi connectivity index (χ3v) is 5.25. The molecular formula is C20H22N2O4S. The molecule has 0 unspecified atom stereocenters. The number of thiazole rings is 1. The van der Waals surface area contributed by atoms with Gasteiger partial charge in [0.1, 0.15) is 12.4 Å². The largest absolute Gasteiger partial charge is 0.494 e. The van der Waals surface area contributed by atoms with Crippen LogP contribution in [0.1, 0.15) is 19.8 Å². The summed E-state index contributed by atoms with van der Waals surface area (Å²) in [5, 5.41) is 3.37. The first-order valence-electron chi connectivity index (χ1n) is 8.89. The third-order valence-electron chi connectivity index (χ3n) is 4.32. The first kappa shape index (κ1) is 19.1. The van der Waals surface area contributed by atoms with Crippen LogP contribution in [0, 0.1) is 11.8 Å². The van der Waals surface area contributed by atoms with Crippen molar-refractivity contribution in [2.45, 2.75) is 19.8 Å². The summed E-state index contributed by atoms with van der Waals surface area (Å²) in [6.07, 6.45) is 6.35. The molecule has 1 heterocycles. The van der Waals surface area contributed by atoms with Crippen molar-refractivity contribution in [2.75, 3.05) is 18.5 Å². The molecule has 142 valence electrons. The number of esters is 1. The van der Waals surface area contributed by atoms with Crippen LogP contribution in [-0.2, 0) is 14.3 Å². The summed E-state index contributed by atoms with van der Waals surface area (Å²) in [5.74, 6) is -0.782. The maximum Gasteiger partial charge on any atom is 0.310 e. The molecule has 0 spiro atoms. The molecule has 7 heteroatoms. The van der Waals surface area contributed by atoms with Crippen molar-refractivity contribution < 1.29 is 19.1 Å². The van der Waals surface area contributed by atoms with E-state index in [1.807, 2.05) is 37.3 Å². The molecule has 3 rings (SSSR count). The van der Waals surface area contributed by atoms with Crippen molar-refractivity contribution in [1.29, 1.82) is 0 Å². The lowest BCUT2D eigenvalue weighted by molar-refractivity contribution is -0.151. The third kappa shape index (κ3) is 4.54. The maximum atomic E-state index is 12.8. The van der Waals surface area contributed by atoms with Gasteiger partial charge >= 0.3 is 5.97 Å². The number of anilines is 1. The number of ether oxygens (including phenoxy) is 2. The van der Waals surface area contributed by atoms with Gasteiger partial charge in [-0.25, -0.2) is 4.98 Å². The zero-order valence-corrected chi connectivity index (χ0v) is 16.0. The van der Waals surface area contributed by atoms with E-state index in [0.717, 1.165) is 16.0 Å². The fourth-order valence-corrected chi connectivity index (χ4v) is 3.92. The van der Waals surface area contributed by atoms with E-state index >= 15 is 0 Å². The fraction of sp³-hybridized carbons (Fsp3) is 0.350. The smallest absolute Gasteiger partial charge is 0.310 e. The Balaban J connectivity index is 1.73. The molecule has 6 nitrogen and oxygen atoms in total. The predicted octanol–water partition coefficient (Wildman–Crippen LogP) is 3.95. The second kappa shape index (κ2) is 8.81. The molecular weight excluding hydrogens is 364 g/mol. The molecule has 1 aliphatic rings. The molecule has 1 amide bonds. The van der Waals surface area contributed by atoms with Crippen LogP contribution in [0.15, 0.2) is 43.0 Å². The van der Waals surface area contributed by atoms with Crippen molar-refractivity contribution in [3.63, 3.8) is 0 Å². The molecule has 0 radical (unpaired) electrons. The Morgan fingerprint density at radius 3 is 2.85 bits per heavy atom. The number of rotatable bonds is 7. The maximum absolute atomic E-state index is 12.8. The Morgan fingerprint density at radius 2 is 2.11 bits per heavy atom. The van der Waals surface area contributed by atoms with Gasteiger partial charge in [-0.15, -0.1) is 0 Å². The molecule has 2 atom stereocenters. The van der Waals surface area contributed by atoms with E-state index in [-0.39, 0.29) is 18.5 Å². The summed E-state index contributed by atoms with van der Waals surface area (Å²) >= 11 is 1.38. The van der Waals surface area contributed by atoms with Gasteiger partial charge < -0.3 is 14.8 Å². The zero-order chi connectivity index (χ0) is 19.2. The number of benzene rings is 1. The molecule has 27 heavy (non-hydrogen) atoms. The number of aromatic nitrogens is 1. The van der Waals surface area contributed by atoms with Crippen LogP contribution in [0.25, 0.3) is 10.2 Å². The minimum Gasteiger partial charge on any atom is -0.494 e. The van der Waals surface area contributed by atoms with Crippen LogP contribution in [0.3, 0.4) is 0 Å². The monoisotopic (exact) mass is 386 g/mol. The number of allylic oxidation sites excluding steroid dienone is 2. The van der Waals surface area contributed by atoms with Crippen molar-refractivity contribution in [1.82, 2.24) is 4.98 Å². The van der Waals surface area contributed by atoms with Crippen LogP contribution in [0.2, 0.25) is 0 Å². The van der Waals surface area contributed by atoms with Gasteiger partial charge in [0, 0.05) is 0 Å². The molecule has 2 aromatic rings. The van der Waals surface area contributed by atoms with Crippen molar-refractivity contribution in [3.05, 3.63) is 43.0 Å². The molecule has 1 aromatic heterocycles. The van der Waals surface area contributed by atoms with Crippen molar-refractivity contribution in [2.24, 2.45) is 11.8 Å². The van der Waals surface area contributed by atoms with E-state index in [9.17, 15) is 9.59 Å². The zero-order valence-electron chi connectivity index (χ0n) is 15.1. The summed E-state index contributed by atoms with van der Waals surface area (Å²) in [6.45, 7) is 6.20. The number of hydrogen-bond acceptors (Lipinski definition) is 6. The number of carbonyl (C=O) groups is 2. The van der Waals surface area contributed by atoms with Crippen LogP contribution in [-0.4, -0.2) is 30.1 Å². The first-order chi connectivity index (χ1) is 13.1. The topological polar surface area (TPSA) is 77.5 Å². The highest BCUT2D eigenvalue weighted by Gasteiger charge is 2.35. The van der Waals surface area contributed by atoms with Crippen molar-refractivity contribution >= 4 is 38.6 Å². The number of nitrogens with zero attached hydrogens (tertiary/aromatic N) is 1. The van der Waals surface area contributed by atoms with E-state index in [2.05, 4.69) is 16.9 Å². The lowest BCUT2D eigenvalue weighted by Crippen LogP contribution is -2.35. The van der Waals surface area contributed by atoms with Gasteiger partial charge in [-0.2, -0.15) is 0 Å². The number of carbonyl (C=O) groups excluding carboxylic acids is 2. The van der Waals surface area contributed by atoms with E-state index in [4.69, 9.17) is 9.47 Å². The van der Waals surface area contributed by atoms with Gasteiger partial charge in [0.2, 0.25) is 5.91 Å². The van der Waals surface area contributed by atoms with E-state index in [1.54, 1.807) is 0 Å². The van der Waals surface area contributed by atoms with E-state index in [0.29, 0.717) is 24.6 Å². The molecule has 1 N–H and O–H groups in total. The molecule has 0 saturated carbocycles. The quantitative estimate of drug-likeness (QED) is 0.576. The fourth-order valence-electron chi connectivity index (χ4n) is 3.03. The lowest BCUT2D eigenvalue weighted by Gasteiger charge is -2.25. The molecule has 0 aliphatic heterocycles. The minimum absolute atomic E-state index is 0.146. The summed E-state index contributed by atoms with van der Waals surface area (Å²) in [7, 11) is 0. The van der Waals surface area contributed by atoms with Gasteiger partial charge in [-0.3, -0.25) is 9.59 Å². The summed E-state index contributed by atoms with van der Waals surface area (Å²) in [4.78, 5) is 29.5. The van der Waals surface area contributed by atoms with Crippen LogP contribution in [0.4, 0.5) is 5.13 Å². The second-order valence-corrected chi connectivity index (χ2v) is 7.18. The van der Waals surface area contributed by atoms with E-state index in [1.165, 1.54) is 17.4 Å².